The molecule has 2 aliphatic rings. The van der Waals surface area contributed by atoms with Crippen molar-refractivity contribution >= 4 is 17.9 Å². The van der Waals surface area contributed by atoms with Crippen molar-refractivity contribution in [3.63, 3.8) is 0 Å². The highest BCUT2D eigenvalue weighted by Gasteiger charge is 2.56. The first-order valence-electron chi connectivity index (χ1n) is 11.0. The molecule has 1 N–H and O–H groups in total. The second kappa shape index (κ2) is 8.59. The quantitative estimate of drug-likeness (QED) is 0.621. The van der Waals surface area contributed by atoms with Crippen LogP contribution in [0.2, 0.25) is 0 Å². The number of anilines is 2. The summed E-state index contributed by atoms with van der Waals surface area (Å²) in [4.78, 5) is 23.9. The minimum Gasteiger partial charge on any atom is -0.440 e. The van der Waals surface area contributed by atoms with Gasteiger partial charge in [-0.1, -0.05) is 60.7 Å². The molecule has 2 aromatic carbocycles. The van der Waals surface area contributed by atoms with Gasteiger partial charge in [0.2, 0.25) is 5.95 Å². The summed E-state index contributed by atoms with van der Waals surface area (Å²) in [5.41, 5.74) is 1.52. The van der Waals surface area contributed by atoms with Crippen molar-refractivity contribution in [1.29, 1.82) is 0 Å². The number of aromatic nitrogens is 2. The van der Waals surface area contributed by atoms with Crippen molar-refractivity contribution in [1.82, 2.24) is 9.97 Å². The lowest BCUT2D eigenvalue weighted by molar-refractivity contribution is -0.0590. The average molecular weight is 431 g/mol. The van der Waals surface area contributed by atoms with Gasteiger partial charge in [0.1, 0.15) is 17.5 Å². The van der Waals surface area contributed by atoms with E-state index in [2.05, 4.69) is 29.4 Å². The van der Waals surface area contributed by atoms with Gasteiger partial charge in [0, 0.05) is 19.0 Å². The highest BCUT2D eigenvalue weighted by atomic mass is 16.6. The van der Waals surface area contributed by atoms with E-state index in [1.807, 2.05) is 48.5 Å². The Bertz CT molecular complexity index is 1070. The van der Waals surface area contributed by atoms with Crippen LogP contribution in [-0.4, -0.2) is 34.9 Å². The van der Waals surface area contributed by atoms with Gasteiger partial charge in [-0.25, -0.2) is 14.7 Å². The third-order valence-corrected chi connectivity index (χ3v) is 6.23. The molecule has 5 rings (SSSR count). The molecule has 32 heavy (non-hydrogen) atoms. The molecule has 2 atom stereocenters. The topological polar surface area (TPSA) is 76.6 Å². The van der Waals surface area contributed by atoms with Crippen molar-refractivity contribution in [2.45, 2.75) is 37.5 Å². The Balaban J connectivity index is 1.48. The number of hydrogen-bond donors (Lipinski definition) is 1. The third-order valence-electron chi connectivity index (χ3n) is 6.23. The minimum atomic E-state index is -0.632. The van der Waals surface area contributed by atoms with Crippen molar-refractivity contribution in [2.24, 2.45) is 0 Å². The van der Waals surface area contributed by atoms with E-state index in [9.17, 15) is 4.79 Å². The molecule has 3 aromatic rings. The smallest absolute Gasteiger partial charge is 0.416 e. The number of hydrogen-bond acceptors (Lipinski definition) is 6. The highest BCUT2D eigenvalue weighted by molar-refractivity contribution is 5.90. The molecular formula is C25H26N4O3. The van der Waals surface area contributed by atoms with Crippen molar-refractivity contribution in [2.75, 3.05) is 23.4 Å². The zero-order valence-corrected chi connectivity index (χ0v) is 18.0. The molecule has 0 radical (unpaired) electrons. The molecule has 7 heteroatoms. The van der Waals surface area contributed by atoms with Crippen LogP contribution >= 0.6 is 0 Å². The van der Waals surface area contributed by atoms with Gasteiger partial charge in [0.05, 0.1) is 19.3 Å². The number of rotatable bonds is 5. The number of nitrogens with one attached hydrogen (secondary N) is 1. The van der Waals surface area contributed by atoms with Crippen molar-refractivity contribution in [3.8, 4) is 0 Å². The van der Waals surface area contributed by atoms with Gasteiger partial charge in [0.25, 0.3) is 0 Å². The average Bonchev–Trinajstić information content (AvgIpc) is 3.11. The summed E-state index contributed by atoms with van der Waals surface area (Å²) < 4.78 is 11.6. The highest BCUT2D eigenvalue weighted by Crippen LogP contribution is 2.48. The van der Waals surface area contributed by atoms with Gasteiger partial charge >= 0.3 is 6.09 Å². The maximum atomic E-state index is 13.2. The van der Waals surface area contributed by atoms with Crippen LogP contribution in [-0.2, 0) is 9.47 Å². The van der Waals surface area contributed by atoms with Crippen LogP contribution in [0.25, 0.3) is 0 Å². The number of carbonyl (C=O) groups excluding carboxylic acids is 1. The summed E-state index contributed by atoms with van der Waals surface area (Å²) in [7, 11) is 0. The summed E-state index contributed by atoms with van der Waals surface area (Å²) in [6.45, 7) is 3.19. The van der Waals surface area contributed by atoms with Crippen LogP contribution in [0.15, 0.2) is 72.9 Å². The second-order valence-corrected chi connectivity index (χ2v) is 8.24. The molecule has 0 saturated carbocycles. The molecule has 1 amide bonds. The van der Waals surface area contributed by atoms with Gasteiger partial charge in [-0.2, -0.15) is 4.98 Å². The van der Waals surface area contributed by atoms with Gasteiger partial charge < -0.3 is 14.8 Å². The second-order valence-electron chi connectivity index (χ2n) is 8.24. The van der Waals surface area contributed by atoms with Crippen LogP contribution in [0.5, 0.6) is 0 Å². The van der Waals surface area contributed by atoms with Crippen molar-refractivity contribution in [3.05, 3.63) is 84.1 Å². The Morgan fingerprint density at radius 1 is 1.03 bits per heavy atom. The van der Waals surface area contributed by atoms with Gasteiger partial charge in [-0.05, 0) is 24.1 Å². The van der Waals surface area contributed by atoms with Crippen LogP contribution in [0.4, 0.5) is 16.6 Å². The molecule has 2 aliphatic heterocycles. The van der Waals surface area contributed by atoms with E-state index in [0.29, 0.717) is 37.8 Å². The molecule has 0 unspecified atom stereocenters. The standard InChI is InChI=1S/C25H26N4O3/c1-18(19-8-4-2-5-9-19)27-23-26-15-12-21(28-23)29-22(20-10-6-3-7-11-20)25(32-24(29)30)13-16-31-17-14-25/h2-12,15,18,22H,13-14,16-17H2,1H3,(H,26,27,28)/t18-,22-/m0/s1. The number of benzene rings is 2. The molecule has 3 heterocycles. The van der Waals surface area contributed by atoms with E-state index in [0.717, 1.165) is 11.1 Å². The number of ether oxygens (including phenoxy) is 2. The summed E-state index contributed by atoms with van der Waals surface area (Å²) in [6, 6.07) is 21.6. The lowest BCUT2D eigenvalue weighted by Crippen LogP contribution is -2.43. The largest absolute Gasteiger partial charge is 0.440 e. The van der Waals surface area contributed by atoms with Gasteiger partial charge in [0.15, 0.2) is 0 Å². The lowest BCUT2D eigenvalue weighted by atomic mass is 9.82. The molecular weight excluding hydrogens is 404 g/mol. The molecule has 1 spiro atoms. The first kappa shape index (κ1) is 20.5. The predicted octanol–water partition coefficient (Wildman–Crippen LogP) is 4.90. The third kappa shape index (κ3) is 3.80. The maximum Gasteiger partial charge on any atom is 0.416 e. The molecule has 0 bridgehead atoms. The summed E-state index contributed by atoms with van der Waals surface area (Å²) in [5.74, 6) is 0.983. The van der Waals surface area contributed by atoms with E-state index < -0.39 is 5.60 Å². The summed E-state index contributed by atoms with van der Waals surface area (Å²) in [5, 5.41) is 3.34. The Morgan fingerprint density at radius 2 is 1.72 bits per heavy atom. The molecule has 2 saturated heterocycles. The Kier molecular flexibility index (Phi) is 5.49. The Hall–Kier alpha value is -3.45. The maximum absolute atomic E-state index is 13.2. The molecule has 7 nitrogen and oxygen atoms in total. The molecule has 164 valence electrons. The molecule has 1 aromatic heterocycles. The number of amides is 1. The zero-order valence-electron chi connectivity index (χ0n) is 18.0. The Morgan fingerprint density at radius 3 is 2.44 bits per heavy atom. The fourth-order valence-corrected chi connectivity index (χ4v) is 4.60. The SMILES string of the molecule is C[C@H](Nc1nccc(N2C(=O)OC3(CCOCC3)[C@@H]2c2ccccc2)n1)c1ccccc1. The first-order chi connectivity index (χ1) is 15.7. The van der Waals surface area contributed by atoms with Crippen LogP contribution in [0.1, 0.15) is 43.0 Å². The number of nitrogens with zero attached hydrogens (tertiary/aromatic N) is 3. The fraction of sp³-hybridized carbons (Fsp3) is 0.320. The van der Waals surface area contributed by atoms with Gasteiger partial charge in [-0.3, -0.25) is 0 Å². The van der Waals surface area contributed by atoms with Crippen LogP contribution in [0.3, 0.4) is 0 Å². The van der Waals surface area contributed by atoms with Crippen molar-refractivity contribution < 1.29 is 14.3 Å². The monoisotopic (exact) mass is 430 g/mol. The van der Waals surface area contributed by atoms with E-state index >= 15 is 0 Å². The van der Waals surface area contributed by atoms with E-state index in [1.54, 1.807) is 17.2 Å². The van der Waals surface area contributed by atoms with Crippen LogP contribution < -0.4 is 10.2 Å². The number of carbonyl (C=O) groups is 1. The normalized spacial score (nSPS) is 20.7. The predicted molar refractivity (Wildman–Crippen MR) is 121 cm³/mol. The minimum absolute atomic E-state index is 0.0173. The molecule has 0 aliphatic carbocycles. The first-order valence-corrected chi connectivity index (χ1v) is 11.0. The Labute approximate surface area is 187 Å². The van der Waals surface area contributed by atoms with Crippen LogP contribution in [0, 0.1) is 0 Å². The van der Waals surface area contributed by atoms with E-state index in [-0.39, 0.29) is 18.2 Å². The fourth-order valence-electron chi connectivity index (χ4n) is 4.60. The summed E-state index contributed by atoms with van der Waals surface area (Å²) >= 11 is 0. The summed E-state index contributed by atoms with van der Waals surface area (Å²) in [6.07, 6.45) is 2.58. The molecule has 2 fully saturated rings. The van der Waals surface area contributed by atoms with Gasteiger partial charge in [-0.15, -0.1) is 0 Å². The lowest BCUT2D eigenvalue weighted by Gasteiger charge is -2.37. The van der Waals surface area contributed by atoms with E-state index in [1.165, 1.54) is 0 Å². The van der Waals surface area contributed by atoms with E-state index in [4.69, 9.17) is 14.5 Å². The zero-order chi connectivity index (χ0) is 22.0.